The van der Waals surface area contributed by atoms with Gasteiger partial charge in [0.2, 0.25) is 0 Å². The topological polar surface area (TPSA) is 95.3 Å². The van der Waals surface area contributed by atoms with Crippen LogP contribution < -0.4 is 14.2 Å². The van der Waals surface area contributed by atoms with Crippen molar-refractivity contribution in [2.24, 2.45) is 0 Å². The van der Waals surface area contributed by atoms with Crippen LogP contribution in [0, 0.1) is 0 Å². The number of nitrogens with one attached hydrogen (secondary N) is 1. The number of hydrogen-bond donors (Lipinski definition) is 1. The summed E-state index contributed by atoms with van der Waals surface area (Å²) in [5.41, 5.74) is 1.05. The van der Waals surface area contributed by atoms with E-state index in [0.717, 1.165) is 15.6 Å². The summed E-state index contributed by atoms with van der Waals surface area (Å²) in [7, 11) is -1.16. The Labute approximate surface area is 171 Å². The van der Waals surface area contributed by atoms with Gasteiger partial charge in [0.05, 0.1) is 25.5 Å². The Morgan fingerprint density at radius 1 is 1.10 bits per heavy atom. The number of ether oxygens (including phenoxy) is 2. The van der Waals surface area contributed by atoms with Gasteiger partial charge >= 0.3 is 0 Å². The second kappa shape index (κ2) is 7.72. The predicted octanol–water partition coefficient (Wildman–Crippen LogP) is 3.36. The van der Waals surface area contributed by atoms with Crippen molar-refractivity contribution in [3.63, 3.8) is 0 Å². The summed E-state index contributed by atoms with van der Waals surface area (Å²) in [6, 6.07) is 12.4. The lowest BCUT2D eigenvalue weighted by Gasteiger charge is -2.14. The standard InChI is InChI=1S/C19H18N4O4S2/c1-26-15-5-3-6-16(27-2)18(15)29(24,25)22-19-14-8-7-13(11-17(14)28-21-19)12-23-10-4-9-20-23/h3-11H,12H2,1-2H3,(H,21,22). The molecule has 0 amide bonds. The average molecular weight is 431 g/mol. The van der Waals surface area contributed by atoms with E-state index >= 15 is 0 Å². The summed E-state index contributed by atoms with van der Waals surface area (Å²) in [6.07, 6.45) is 3.61. The van der Waals surface area contributed by atoms with Crippen molar-refractivity contribution in [1.29, 1.82) is 0 Å². The predicted molar refractivity (Wildman–Crippen MR) is 111 cm³/mol. The number of sulfonamides is 1. The number of hydrogen-bond acceptors (Lipinski definition) is 7. The fraction of sp³-hybridized carbons (Fsp3) is 0.158. The lowest BCUT2D eigenvalue weighted by atomic mass is 10.2. The van der Waals surface area contributed by atoms with Crippen LogP contribution in [0.4, 0.5) is 5.82 Å². The molecule has 0 bridgehead atoms. The summed E-state index contributed by atoms with van der Waals surface area (Å²) < 4.78 is 46.1. The van der Waals surface area contributed by atoms with Gasteiger partial charge in [0.25, 0.3) is 10.0 Å². The number of anilines is 1. The molecule has 4 rings (SSSR count). The van der Waals surface area contributed by atoms with Crippen LogP contribution in [0.15, 0.2) is 59.8 Å². The van der Waals surface area contributed by atoms with Crippen molar-refractivity contribution in [1.82, 2.24) is 14.2 Å². The maximum absolute atomic E-state index is 13.1. The third kappa shape index (κ3) is 3.76. The first-order valence-corrected chi connectivity index (χ1v) is 10.9. The van der Waals surface area contributed by atoms with Crippen molar-refractivity contribution in [2.75, 3.05) is 18.9 Å². The van der Waals surface area contributed by atoms with E-state index in [1.54, 1.807) is 24.4 Å². The quantitative estimate of drug-likeness (QED) is 0.483. The molecule has 0 fully saturated rings. The van der Waals surface area contributed by atoms with Gasteiger partial charge < -0.3 is 9.47 Å². The third-order valence-electron chi connectivity index (χ3n) is 4.32. The fourth-order valence-corrected chi connectivity index (χ4v) is 5.20. The highest BCUT2D eigenvalue weighted by Gasteiger charge is 2.26. The normalized spacial score (nSPS) is 11.5. The zero-order valence-electron chi connectivity index (χ0n) is 15.7. The van der Waals surface area contributed by atoms with Crippen LogP contribution >= 0.6 is 11.5 Å². The van der Waals surface area contributed by atoms with Crippen molar-refractivity contribution in [3.8, 4) is 11.5 Å². The zero-order valence-corrected chi connectivity index (χ0v) is 17.3. The van der Waals surface area contributed by atoms with E-state index in [0.29, 0.717) is 6.54 Å². The van der Waals surface area contributed by atoms with E-state index in [9.17, 15) is 8.42 Å². The Morgan fingerprint density at radius 2 is 1.86 bits per heavy atom. The number of benzene rings is 2. The zero-order chi connectivity index (χ0) is 20.4. The van der Waals surface area contributed by atoms with E-state index in [4.69, 9.17) is 9.47 Å². The molecule has 10 heteroatoms. The maximum atomic E-state index is 13.1. The molecule has 150 valence electrons. The van der Waals surface area contributed by atoms with Crippen molar-refractivity contribution in [2.45, 2.75) is 11.4 Å². The van der Waals surface area contributed by atoms with Gasteiger partial charge in [-0.3, -0.25) is 9.40 Å². The molecule has 0 radical (unpaired) electrons. The Balaban J connectivity index is 1.67. The summed E-state index contributed by atoms with van der Waals surface area (Å²) in [6.45, 7) is 0.625. The molecule has 2 aromatic carbocycles. The number of aromatic nitrogens is 3. The SMILES string of the molecule is COc1cccc(OC)c1S(=O)(=O)Nc1nsc2cc(Cn3cccn3)ccc12. The molecule has 1 N–H and O–H groups in total. The van der Waals surface area contributed by atoms with Crippen LogP contribution in [0.2, 0.25) is 0 Å². The van der Waals surface area contributed by atoms with Crippen molar-refractivity contribution >= 4 is 37.5 Å². The Kier molecular flexibility index (Phi) is 5.12. The number of nitrogens with zero attached hydrogens (tertiary/aromatic N) is 3. The molecule has 0 aliphatic heterocycles. The Bertz CT molecular complexity index is 1230. The van der Waals surface area contributed by atoms with Gasteiger partial charge in [0.1, 0.15) is 11.5 Å². The number of fused-ring (bicyclic) bond motifs is 1. The molecule has 0 saturated heterocycles. The molecule has 0 spiro atoms. The van der Waals surface area contributed by atoms with Crippen LogP contribution in [0.5, 0.6) is 11.5 Å². The average Bonchev–Trinajstić information content (AvgIpc) is 3.37. The molecule has 2 heterocycles. The third-order valence-corrected chi connectivity index (χ3v) is 6.53. The highest BCUT2D eigenvalue weighted by Crippen LogP contribution is 2.36. The van der Waals surface area contributed by atoms with Gasteiger partial charge in [-0.15, -0.1) is 0 Å². The molecule has 2 aromatic heterocycles. The fourth-order valence-electron chi connectivity index (χ4n) is 3.00. The van der Waals surface area contributed by atoms with E-state index in [2.05, 4.69) is 14.2 Å². The molecule has 8 nitrogen and oxygen atoms in total. The summed E-state index contributed by atoms with van der Waals surface area (Å²) in [5, 5.41) is 4.92. The van der Waals surface area contributed by atoms with E-state index in [1.165, 1.54) is 25.8 Å². The molecular weight excluding hydrogens is 412 g/mol. The lowest BCUT2D eigenvalue weighted by Crippen LogP contribution is -2.15. The monoisotopic (exact) mass is 430 g/mol. The van der Waals surface area contributed by atoms with Gasteiger partial charge in [0, 0.05) is 17.8 Å². The van der Waals surface area contributed by atoms with Crippen LogP contribution in [0.3, 0.4) is 0 Å². The highest BCUT2D eigenvalue weighted by molar-refractivity contribution is 7.93. The smallest absolute Gasteiger partial charge is 0.270 e. The molecule has 0 aliphatic rings. The highest BCUT2D eigenvalue weighted by atomic mass is 32.2. The van der Waals surface area contributed by atoms with Gasteiger partial charge in [-0.2, -0.15) is 9.47 Å². The molecule has 0 unspecified atom stereocenters. The van der Waals surface area contributed by atoms with E-state index < -0.39 is 10.0 Å². The molecule has 0 atom stereocenters. The van der Waals surface area contributed by atoms with E-state index in [1.807, 2.05) is 35.1 Å². The number of methoxy groups -OCH3 is 2. The van der Waals surface area contributed by atoms with Crippen molar-refractivity contribution < 1.29 is 17.9 Å². The first-order chi connectivity index (χ1) is 14.0. The molecule has 4 aromatic rings. The van der Waals surface area contributed by atoms with Gasteiger partial charge in [-0.25, -0.2) is 8.42 Å². The summed E-state index contributed by atoms with van der Waals surface area (Å²) >= 11 is 1.23. The first-order valence-electron chi connectivity index (χ1n) is 8.61. The second-order valence-electron chi connectivity index (χ2n) is 6.16. The van der Waals surface area contributed by atoms with E-state index in [-0.39, 0.29) is 22.2 Å². The largest absolute Gasteiger partial charge is 0.495 e. The number of rotatable bonds is 7. The lowest BCUT2D eigenvalue weighted by molar-refractivity contribution is 0.373. The molecule has 0 saturated carbocycles. The van der Waals surface area contributed by atoms with Crippen LogP contribution in [-0.4, -0.2) is 36.8 Å². The van der Waals surface area contributed by atoms with Gasteiger partial charge in [-0.1, -0.05) is 12.1 Å². The Morgan fingerprint density at radius 3 is 2.52 bits per heavy atom. The van der Waals surface area contributed by atoms with Gasteiger partial charge in [0.15, 0.2) is 10.7 Å². The maximum Gasteiger partial charge on any atom is 0.270 e. The van der Waals surface area contributed by atoms with Crippen molar-refractivity contribution in [3.05, 3.63) is 60.4 Å². The van der Waals surface area contributed by atoms with Crippen LogP contribution in [0.25, 0.3) is 10.1 Å². The van der Waals surface area contributed by atoms with Gasteiger partial charge in [-0.05, 0) is 47.4 Å². The minimum Gasteiger partial charge on any atom is -0.495 e. The molecule has 29 heavy (non-hydrogen) atoms. The Hall–Kier alpha value is -3.11. The second-order valence-corrected chi connectivity index (χ2v) is 8.59. The summed E-state index contributed by atoms with van der Waals surface area (Å²) in [5.74, 6) is 0.652. The summed E-state index contributed by atoms with van der Waals surface area (Å²) in [4.78, 5) is -0.0681. The first kappa shape index (κ1) is 19.2. The van der Waals surface area contributed by atoms with Crippen LogP contribution in [0.1, 0.15) is 5.56 Å². The molecule has 0 aliphatic carbocycles. The molecular formula is C19H18N4O4S2. The van der Waals surface area contributed by atoms with Crippen LogP contribution in [-0.2, 0) is 16.6 Å². The minimum absolute atomic E-state index is 0.0681. The minimum atomic E-state index is -3.98.